The lowest BCUT2D eigenvalue weighted by molar-refractivity contribution is -0.127. The molecule has 1 saturated heterocycles. The highest BCUT2D eigenvalue weighted by molar-refractivity contribution is 6.25. The number of ketones is 2. The van der Waals surface area contributed by atoms with Gasteiger partial charge in [-0.2, -0.15) is 0 Å². The topological polar surface area (TPSA) is 37.4 Å². The maximum absolute atomic E-state index is 12.4. The van der Waals surface area contributed by atoms with E-state index < -0.39 is 0 Å². The highest BCUT2D eigenvalue weighted by Crippen LogP contribution is 2.44. The third-order valence-corrected chi connectivity index (χ3v) is 6.66. The lowest BCUT2D eigenvalue weighted by atomic mass is 9.74. The first-order chi connectivity index (χ1) is 12.9. The third kappa shape index (κ3) is 3.52. The molecule has 3 aliphatic rings. The Morgan fingerprint density at radius 2 is 1.70 bits per heavy atom. The molecular formula is C24H29NO2. The molecule has 0 aromatic heterocycles. The van der Waals surface area contributed by atoms with Crippen LogP contribution in [0, 0.1) is 23.2 Å². The fraction of sp³-hybridized carbons (Fsp3) is 0.500. The van der Waals surface area contributed by atoms with Gasteiger partial charge < -0.3 is 4.90 Å². The van der Waals surface area contributed by atoms with Crippen molar-refractivity contribution in [1.29, 1.82) is 0 Å². The summed E-state index contributed by atoms with van der Waals surface area (Å²) in [6.45, 7) is 10.2. The monoisotopic (exact) mass is 363 g/mol. The van der Waals surface area contributed by atoms with Crippen molar-refractivity contribution in [3.05, 3.63) is 48.1 Å². The van der Waals surface area contributed by atoms with Gasteiger partial charge in [-0.15, -0.1) is 6.58 Å². The molecule has 2 aliphatic carbocycles. The Morgan fingerprint density at radius 3 is 2.33 bits per heavy atom. The van der Waals surface area contributed by atoms with E-state index in [1.807, 2.05) is 26.0 Å². The molecule has 0 amide bonds. The third-order valence-electron chi connectivity index (χ3n) is 6.66. The van der Waals surface area contributed by atoms with Crippen molar-refractivity contribution in [2.24, 2.45) is 23.2 Å². The number of allylic oxidation sites excluding steroid dienone is 2. The predicted octanol–water partition coefficient (Wildman–Crippen LogP) is 4.68. The van der Waals surface area contributed by atoms with Crippen LogP contribution in [-0.2, 0) is 9.59 Å². The molecule has 3 unspecified atom stereocenters. The van der Waals surface area contributed by atoms with Gasteiger partial charge in [0.25, 0.3) is 0 Å². The zero-order valence-electron chi connectivity index (χ0n) is 16.4. The lowest BCUT2D eigenvalue weighted by Gasteiger charge is -2.28. The summed E-state index contributed by atoms with van der Waals surface area (Å²) in [4.78, 5) is 27.2. The van der Waals surface area contributed by atoms with Gasteiger partial charge in [-0.3, -0.25) is 9.59 Å². The molecule has 3 atom stereocenters. The fourth-order valence-electron chi connectivity index (χ4n) is 5.20. The van der Waals surface area contributed by atoms with Gasteiger partial charge in [-0.05, 0) is 59.8 Å². The molecule has 0 N–H and O–H groups in total. The first-order valence-corrected chi connectivity index (χ1v) is 10.1. The molecule has 0 radical (unpaired) electrons. The van der Waals surface area contributed by atoms with Gasteiger partial charge in [0.2, 0.25) is 0 Å². The van der Waals surface area contributed by atoms with E-state index in [0.717, 1.165) is 30.5 Å². The van der Waals surface area contributed by atoms with Crippen molar-refractivity contribution in [2.45, 2.75) is 39.5 Å². The van der Waals surface area contributed by atoms with Crippen molar-refractivity contribution in [3.63, 3.8) is 0 Å². The van der Waals surface area contributed by atoms with E-state index >= 15 is 0 Å². The van der Waals surface area contributed by atoms with Gasteiger partial charge in [0, 0.05) is 31.6 Å². The molecular weight excluding hydrogens is 334 g/mol. The fourth-order valence-corrected chi connectivity index (χ4v) is 5.20. The molecule has 27 heavy (non-hydrogen) atoms. The number of Topliss-reactive ketones (excluding diaryl/α,β-unsaturated/α-hetero) is 2. The highest BCUT2D eigenvalue weighted by Gasteiger charge is 2.41. The quantitative estimate of drug-likeness (QED) is 0.445. The zero-order chi connectivity index (χ0) is 19.2. The number of fused-ring (bicyclic) bond motifs is 1. The van der Waals surface area contributed by atoms with Gasteiger partial charge >= 0.3 is 0 Å². The molecule has 1 aromatic rings. The number of hydrogen-bond donors (Lipinski definition) is 0. The summed E-state index contributed by atoms with van der Waals surface area (Å²) in [5.41, 5.74) is 2.31. The number of carbonyl (C=O) groups is 2. The van der Waals surface area contributed by atoms with Crippen LogP contribution in [0.15, 0.2) is 42.5 Å². The van der Waals surface area contributed by atoms with E-state index in [2.05, 4.69) is 29.7 Å². The molecule has 0 bridgehead atoms. The van der Waals surface area contributed by atoms with Crippen LogP contribution in [0.5, 0.6) is 0 Å². The summed E-state index contributed by atoms with van der Waals surface area (Å²) in [7, 11) is 0. The van der Waals surface area contributed by atoms with Crippen molar-refractivity contribution in [2.75, 3.05) is 18.0 Å². The second kappa shape index (κ2) is 6.78. The van der Waals surface area contributed by atoms with Crippen LogP contribution in [-0.4, -0.2) is 24.7 Å². The minimum atomic E-state index is -0.216. The van der Waals surface area contributed by atoms with Crippen LogP contribution >= 0.6 is 0 Å². The maximum Gasteiger partial charge on any atom is 0.167 e. The van der Waals surface area contributed by atoms with E-state index in [-0.39, 0.29) is 17.0 Å². The van der Waals surface area contributed by atoms with Crippen molar-refractivity contribution in [3.8, 4) is 0 Å². The Hall–Kier alpha value is -2.16. The Labute approximate surface area is 162 Å². The average molecular weight is 364 g/mol. The Bertz CT molecular complexity index is 780. The molecule has 3 nitrogen and oxygen atoms in total. The first kappa shape index (κ1) is 18.2. The van der Waals surface area contributed by atoms with Crippen molar-refractivity contribution < 1.29 is 9.59 Å². The molecule has 4 rings (SSSR count). The summed E-state index contributed by atoms with van der Waals surface area (Å²) in [5, 5.41) is 0. The summed E-state index contributed by atoms with van der Waals surface area (Å²) in [5.74, 6) is 2.14. The van der Waals surface area contributed by atoms with E-state index in [4.69, 9.17) is 0 Å². The summed E-state index contributed by atoms with van der Waals surface area (Å²) < 4.78 is 0. The van der Waals surface area contributed by atoms with Crippen molar-refractivity contribution >= 4 is 23.3 Å². The molecule has 1 aliphatic heterocycles. The van der Waals surface area contributed by atoms with E-state index in [1.54, 1.807) is 6.08 Å². The molecule has 142 valence electrons. The van der Waals surface area contributed by atoms with Crippen LogP contribution in [0.3, 0.4) is 0 Å². The maximum atomic E-state index is 12.4. The number of benzene rings is 1. The number of anilines is 1. The van der Waals surface area contributed by atoms with Crippen molar-refractivity contribution in [1.82, 2.24) is 0 Å². The summed E-state index contributed by atoms with van der Waals surface area (Å²) in [6, 6.07) is 8.31. The van der Waals surface area contributed by atoms with Crippen LogP contribution in [0.4, 0.5) is 5.69 Å². The van der Waals surface area contributed by atoms with Gasteiger partial charge in [-0.1, -0.05) is 32.1 Å². The molecule has 1 aromatic carbocycles. The Balaban J connectivity index is 1.48. The van der Waals surface area contributed by atoms with Gasteiger partial charge in [-0.25, -0.2) is 0 Å². The van der Waals surface area contributed by atoms with Crippen LogP contribution in [0.25, 0.3) is 6.08 Å². The lowest BCUT2D eigenvalue weighted by Crippen LogP contribution is -2.31. The highest BCUT2D eigenvalue weighted by atomic mass is 16.1. The molecule has 3 fully saturated rings. The molecule has 1 heterocycles. The largest absolute Gasteiger partial charge is 0.371 e. The number of hydrogen-bond acceptors (Lipinski definition) is 3. The van der Waals surface area contributed by atoms with Gasteiger partial charge in [0.1, 0.15) is 0 Å². The SMILES string of the molecule is C=CC1CCC2CN(c3ccc(C=C4C(=O)CC(C)(C)CC4=O)cc3)CC12. The number of rotatable bonds is 3. The molecule has 0 spiro atoms. The summed E-state index contributed by atoms with van der Waals surface area (Å²) >= 11 is 0. The second-order valence-electron chi connectivity index (χ2n) is 9.32. The van der Waals surface area contributed by atoms with E-state index in [0.29, 0.717) is 24.3 Å². The molecule has 3 heteroatoms. The number of carbonyl (C=O) groups excluding carboxylic acids is 2. The Kier molecular flexibility index (Phi) is 4.57. The van der Waals surface area contributed by atoms with E-state index in [9.17, 15) is 9.59 Å². The van der Waals surface area contributed by atoms with Gasteiger partial charge in [0.15, 0.2) is 11.6 Å². The second-order valence-corrected chi connectivity index (χ2v) is 9.32. The first-order valence-electron chi connectivity index (χ1n) is 10.1. The van der Waals surface area contributed by atoms with Crippen LogP contribution in [0.1, 0.15) is 45.1 Å². The Morgan fingerprint density at radius 1 is 1.04 bits per heavy atom. The normalized spacial score (nSPS) is 29.8. The smallest absolute Gasteiger partial charge is 0.167 e. The summed E-state index contributed by atoms with van der Waals surface area (Å²) in [6.07, 6.45) is 7.41. The minimum absolute atomic E-state index is 0.0249. The van der Waals surface area contributed by atoms with Crippen LogP contribution in [0.2, 0.25) is 0 Å². The van der Waals surface area contributed by atoms with Gasteiger partial charge in [0.05, 0.1) is 5.57 Å². The van der Waals surface area contributed by atoms with Crippen LogP contribution < -0.4 is 4.90 Å². The number of nitrogens with zero attached hydrogens (tertiary/aromatic N) is 1. The van der Waals surface area contributed by atoms with E-state index in [1.165, 1.54) is 18.5 Å². The standard InChI is InChI=1S/C24H29NO2/c1-4-17-7-8-18-14-25(15-21(17)18)19-9-5-16(6-10-19)11-20-22(26)12-24(2,3)13-23(20)27/h4-6,9-11,17-18,21H,1,7-8,12-15H2,2-3H3. The average Bonchev–Trinajstić information content (AvgIpc) is 3.18. The minimum Gasteiger partial charge on any atom is -0.371 e. The molecule has 2 saturated carbocycles. The zero-order valence-corrected chi connectivity index (χ0v) is 16.4. The predicted molar refractivity (Wildman–Crippen MR) is 110 cm³/mol.